The molecule has 0 aliphatic rings. The van der Waals surface area contributed by atoms with Crippen molar-refractivity contribution in [2.45, 2.75) is 13.8 Å². The van der Waals surface area contributed by atoms with Gasteiger partial charge in [0, 0.05) is 29.1 Å². The first-order valence-corrected chi connectivity index (χ1v) is 10.8. The standard InChI is InChI=1S/C26H27N3O6/c1-5-35-25(31)19-14-22(33-3)23(34-4)15-21(19)28-24(30)17-10-12-18(13-11-17)27-26(32)29-20-9-7-6-8-16(20)2/h6-15H,5H2,1-4H3,(H,28,30)(H2,27,29,32). The number of benzene rings is 3. The number of hydrogen-bond acceptors (Lipinski definition) is 6. The van der Waals surface area contributed by atoms with Gasteiger partial charge in [0.15, 0.2) is 11.5 Å². The van der Waals surface area contributed by atoms with Crippen LogP contribution in [-0.4, -0.2) is 38.7 Å². The van der Waals surface area contributed by atoms with Gasteiger partial charge in [0.25, 0.3) is 5.91 Å². The van der Waals surface area contributed by atoms with Crippen molar-refractivity contribution in [2.24, 2.45) is 0 Å². The van der Waals surface area contributed by atoms with Crippen LogP contribution in [0.3, 0.4) is 0 Å². The molecule has 0 saturated carbocycles. The number of aryl methyl sites for hydroxylation is 1. The monoisotopic (exact) mass is 477 g/mol. The van der Waals surface area contributed by atoms with Crippen LogP contribution in [0, 0.1) is 6.92 Å². The zero-order chi connectivity index (χ0) is 25.4. The molecule has 0 atom stereocenters. The fraction of sp³-hybridized carbons (Fsp3) is 0.192. The molecular weight excluding hydrogens is 450 g/mol. The van der Waals surface area contributed by atoms with Gasteiger partial charge in [-0.25, -0.2) is 9.59 Å². The lowest BCUT2D eigenvalue weighted by Gasteiger charge is -2.15. The Bertz CT molecular complexity index is 1220. The van der Waals surface area contributed by atoms with Gasteiger partial charge in [0.1, 0.15) is 0 Å². The third-order valence-corrected chi connectivity index (χ3v) is 5.07. The Balaban J connectivity index is 1.74. The van der Waals surface area contributed by atoms with E-state index in [2.05, 4.69) is 16.0 Å². The van der Waals surface area contributed by atoms with Crippen molar-refractivity contribution < 1.29 is 28.6 Å². The maximum Gasteiger partial charge on any atom is 0.340 e. The first-order valence-electron chi connectivity index (χ1n) is 10.8. The number of esters is 1. The first kappa shape index (κ1) is 25.1. The van der Waals surface area contributed by atoms with Gasteiger partial charge in [0.2, 0.25) is 0 Å². The Kier molecular flexibility index (Phi) is 8.29. The molecule has 182 valence electrons. The van der Waals surface area contributed by atoms with Gasteiger partial charge in [-0.15, -0.1) is 0 Å². The maximum absolute atomic E-state index is 12.9. The molecule has 0 fully saturated rings. The number of rotatable bonds is 8. The van der Waals surface area contributed by atoms with E-state index >= 15 is 0 Å². The number of carbonyl (C=O) groups is 3. The van der Waals surface area contributed by atoms with E-state index in [1.807, 2.05) is 25.1 Å². The second-order valence-electron chi connectivity index (χ2n) is 7.40. The highest BCUT2D eigenvalue weighted by atomic mass is 16.5. The minimum absolute atomic E-state index is 0.129. The van der Waals surface area contributed by atoms with Crippen LogP contribution in [0.15, 0.2) is 60.7 Å². The van der Waals surface area contributed by atoms with Crippen LogP contribution < -0.4 is 25.4 Å². The van der Waals surface area contributed by atoms with E-state index in [9.17, 15) is 14.4 Å². The van der Waals surface area contributed by atoms with E-state index in [1.54, 1.807) is 37.3 Å². The molecule has 0 heterocycles. The maximum atomic E-state index is 12.9. The number of amides is 3. The minimum atomic E-state index is -0.608. The number of nitrogens with one attached hydrogen (secondary N) is 3. The van der Waals surface area contributed by atoms with Gasteiger partial charge in [-0.1, -0.05) is 18.2 Å². The van der Waals surface area contributed by atoms with Crippen molar-refractivity contribution in [3.63, 3.8) is 0 Å². The summed E-state index contributed by atoms with van der Waals surface area (Å²) in [5.41, 5.74) is 2.81. The fourth-order valence-electron chi connectivity index (χ4n) is 3.26. The molecule has 3 N–H and O–H groups in total. The molecular formula is C26H27N3O6. The summed E-state index contributed by atoms with van der Waals surface area (Å²) in [7, 11) is 2.90. The smallest absolute Gasteiger partial charge is 0.340 e. The first-order chi connectivity index (χ1) is 16.9. The van der Waals surface area contributed by atoms with Gasteiger partial charge in [0.05, 0.1) is 32.1 Å². The Labute approximate surface area is 203 Å². The van der Waals surface area contributed by atoms with Crippen molar-refractivity contribution >= 4 is 35.0 Å². The molecule has 9 heteroatoms. The van der Waals surface area contributed by atoms with E-state index < -0.39 is 17.9 Å². The van der Waals surface area contributed by atoms with E-state index in [-0.39, 0.29) is 17.9 Å². The third kappa shape index (κ3) is 6.29. The number of anilines is 3. The predicted molar refractivity (Wildman–Crippen MR) is 134 cm³/mol. The molecule has 0 unspecified atom stereocenters. The number of carbonyl (C=O) groups excluding carboxylic acids is 3. The normalized spacial score (nSPS) is 10.2. The Morgan fingerprint density at radius 3 is 2.09 bits per heavy atom. The summed E-state index contributed by atoms with van der Waals surface area (Å²) in [6.07, 6.45) is 0. The zero-order valence-corrected chi connectivity index (χ0v) is 19.9. The number of para-hydroxylation sites is 1. The quantitative estimate of drug-likeness (QED) is 0.390. The molecule has 0 aliphatic carbocycles. The van der Waals surface area contributed by atoms with Gasteiger partial charge in [-0.05, 0) is 49.7 Å². The number of ether oxygens (including phenoxy) is 3. The lowest BCUT2D eigenvalue weighted by Crippen LogP contribution is -2.20. The topological polar surface area (TPSA) is 115 Å². The predicted octanol–water partition coefficient (Wildman–Crippen LogP) is 5.09. The highest BCUT2D eigenvalue weighted by molar-refractivity contribution is 6.09. The van der Waals surface area contributed by atoms with Crippen LogP contribution in [0.5, 0.6) is 11.5 Å². The Hall–Kier alpha value is -4.53. The molecule has 0 aromatic heterocycles. The molecule has 0 aliphatic heterocycles. The van der Waals surface area contributed by atoms with Crippen LogP contribution in [0.1, 0.15) is 33.2 Å². The van der Waals surface area contributed by atoms with Crippen LogP contribution in [0.2, 0.25) is 0 Å². The Morgan fingerprint density at radius 2 is 1.46 bits per heavy atom. The van der Waals surface area contributed by atoms with E-state index in [0.29, 0.717) is 28.4 Å². The molecule has 0 bridgehead atoms. The highest BCUT2D eigenvalue weighted by Crippen LogP contribution is 2.34. The largest absolute Gasteiger partial charge is 0.493 e. The SMILES string of the molecule is CCOC(=O)c1cc(OC)c(OC)cc1NC(=O)c1ccc(NC(=O)Nc2ccccc2C)cc1. The molecule has 3 aromatic rings. The molecule has 35 heavy (non-hydrogen) atoms. The van der Waals surface area contributed by atoms with Crippen molar-refractivity contribution in [3.8, 4) is 11.5 Å². The average molecular weight is 478 g/mol. The summed E-state index contributed by atoms with van der Waals surface area (Å²) in [4.78, 5) is 37.6. The van der Waals surface area contributed by atoms with Crippen LogP contribution in [0.4, 0.5) is 21.9 Å². The van der Waals surface area contributed by atoms with Crippen molar-refractivity contribution in [3.05, 3.63) is 77.4 Å². The summed E-state index contributed by atoms with van der Waals surface area (Å²) in [6, 6.07) is 16.3. The second kappa shape index (κ2) is 11.6. The average Bonchev–Trinajstić information content (AvgIpc) is 2.85. The zero-order valence-electron chi connectivity index (χ0n) is 19.9. The molecule has 0 radical (unpaired) electrons. The minimum Gasteiger partial charge on any atom is -0.493 e. The summed E-state index contributed by atoms with van der Waals surface area (Å²) in [5, 5.41) is 8.22. The molecule has 0 saturated heterocycles. The molecule has 3 aromatic carbocycles. The fourth-order valence-corrected chi connectivity index (χ4v) is 3.26. The lowest BCUT2D eigenvalue weighted by molar-refractivity contribution is 0.0527. The van der Waals surface area contributed by atoms with Crippen molar-refractivity contribution in [2.75, 3.05) is 36.8 Å². The van der Waals surface area contributed by atoms with Crippen molar-refractivity contribution in [1.29, 1.82) is 0 Å². The van der Waals surface area contributed by atoms with E-state index in [4.69, 9.17) is 14.2 Å². The summed E-state index contributed by atoms with van der Waals surface area (Å²) in [5.74, 6) is -0.398. The van der Waals surface area contributed by atoms with E-state index in [1.165, 1.54) is 26.4 Å². The number of hydrogen-bond donors (Lipinski definition) is 3. The van der Waals surface area contributed by atoms with Crippen LogP contribution in [0.25, 0.3) is 0 Å². The van der Waals surface area contributed by atoms with E-state index in [0.717, 1.165) is 5.56 Å². The van der Waals surface area contributed by atoms with Gasteiger partial charge in [-0.2, -0.15) is 0 Å². The summed E-state index contributed by atoms with van der Waals surface area (Å²) >= 11 is 0. The molecule has 0 spiro atoms. The van der Waals surface area contributed by atoms with Gasteiger partial charge in [-0.3, -0.25) is 4.79 Å². The summed E-state index contributed by atoms with van der Waals surface area (Å²) in [6.45, 7) is 3.76. The highest BCUT2D eigenvalue weighted by Gasteiger charge is 2.20. The van der Waals surface area contributed by atoms with Crippen LogP contribution in [-0.2, 0) is 4.74 Å². The molecule has 3 rings (SSSR count). The number of urea groups is 1. The second-order valence-corrected chi connectivity index (χ2v) is 7.40. The van der Waals surface area contributed by atoms with Crippen LogP contribution >= 0.6 is 0 Å². The Morgan fingerprint density at radius 1 is 0.800 bits per heavy atom. The van der Waals surface area contributed by atoms with Gasteiger partial charge >= 0.3 is 12.0 Å². The third-order valence-electron chi connectivity index (χ3n) is 5.07. The summed E-state index contributed by atoms with van der Waals surface area (Å²) < 4.78 is 15.6. The van der Waals surface area contributed by atoms with Gasteiger partial charge < -0.3 is 30.2 Å². The molecule has 9 nitrogen and oxygen atoms in total. The lowest BCUT2D eigenvalue weighted by atomic mass is 10.1. The number of methoxy groups -OCH3 is 2. The molecule has 3 amide bonds. The van der Waals surface area contributed by atoms with Crippen molar-refractivity contribution in [1.82, 2.24) is 0 Å².